The molecule has 0 saturated carbocycles. The minimum atomic E-state index is -0.268. The van der Waals surface area contributed by atoms with Crippen molar-refractivity contribution in [2.24, 2.45) is 10.8 Å². The van der Waals surface area contributed by atoms with E-state index in [2.05, 4.69) is 61.1 Å². The molecule has 1 aliphatic heterocycles. The molecule has 3 aliphatic rings. The molecule has 2 aromatic rings. The van der Waals surface area contributed by atoms with Gasteiger partial charge >= 0.3 is 0 Å². The quantitative estimate of drug-likeness (QED) is 0.494. The Labute approximate surface area is 189 Å². The number of dihydropyridines is 1. The number of rotatable bonds is 1. The summed E-state index contributed by atoms with van der Waals surface area (Å²) in [7, 11) is 0. The summed E-state index contributed by atoms with van der Waals surface area (Å²) in [5, 5.41) is 4.74. The highest BCUT2D eigenvalue weighted by atomic mass is 79.9. The van der Waals surface area contributed by atoms with Gasteiger partial charge in [0.25, 0.3) is 0 Å². The summed E-state index contributed by atoms with van der Waals surface area (Å²) >= 11 is 5.53. The van der Waals surface area contributed by atoms with Crippen LogP contribution in [-0.4, -0.2) is 11.6 Å². The first-order valence-corrected chi connectivity index (χ1v) is 12.1. The Morgan fingerprint density at radius 2 is 1.43 bits per heavy atom. The summed E-state index contributed by atoms with van der Waals surface area (Å²) in [4.78, 5) is 27.9. The van der Waals surface area contributed by atoms with Crippen LogP contribution in [0.15, 0.2) is 51.3 Å². The molecule has 0 bridgehead atoms. The highest BCUT2D eigenvalue weighted by Gasteiger charge is 2.47. The van der Waals surface area contributed by atoms with Gasteiger partial charge in [0.05, 0.1) is 5.92 Å². The first-order chi connectivity index (χ1) is 14.1. The van der Waals surface area contributed by atoms with Crippen molar-refractivity contribution in [3.8, 4) is 0 Å². The molecular weight excluding hydrogens is 458 g/mol. The van der Waals surface area contributed by atoms with Gasteiger partial charge in [-0.1, -0.05) is 45.9 Å². The molecule has 0 radical (unpaired) electrons. The molecule has 2 heterocycles. The lowest BCUT2D eigenvalue weighted by molar-refractivity contribution is -0.119. The molecule has 1 aromatic carbocycles. The van der Waals surface area contributed by atoms with Gasteiger partial charge in [-0.05, 0) is 45.7 Å². The smallest absolute Gasteiger partial charge is 0.162 e. The van der Waals surface area contributed by atoms with Crippen molar-refractivity contribution >= 4 is 48.9 Å². The van der Waals surface area contributed by atoms with E-state index in [9.17, 15) is 9.59 Å². The van der Waals surface area contributed by atoms with Gasteiger partial charge in [0.1, 0.15) is 0 Å². The lowest BCUT2D eigenvalue weighted by atomic mass is 9.65. The van der Waals surface area contributed by atoms with Crippen LogP contribution < -0.4 is 5.32 Å². The van der Waals surface area contributed by atoms with Crippen molar-refractivity contribution in [1.29, 1.82) is 0 Å². The normalized spacial score (nSPS) is 23.5. The minimum absolute atomic E-state index is 0.0723. The van der Waals surface area contributed by atoms with Crippen molar-refractivity contribution in [1.82, 2.24) is 5.32 Å². The molecule has 0 spiro atoms. The van der Waals surface area contributed by atoms with E-state index >= 15 is 0 Å². The molecule has 5 heteroatoms. The first kappa shape index (κ1) is 20.2. The van der Waals surface area contributed by atoms with Gasteiger partial charge in [-0.2, -0.15) is 0 Å². The molecule has 0 fully saturated rings. The number of halogens is 1. The Bertz CT molecular complexity index is 1130. The zero-order valence-electron chi connectivity index (χ0n) is 17.8. The maximum Gasteiger partial charge on any atom is 0.162 e. The lowest BCUT2D eigenvalue weighted by Crippen LogP contribution is -2.42. The number of allylic oxidation sites excluding steroid dienone is 4. The number of hydrogen-bond acceptors (Lipinski definition) is 4. The summed E-state index contributed by atoms with van der Waals surface area (Å²) < 4.78 is 2.19. The van der Waals surface area contributed by atoms with E-state index in [-0.39, 0.29) is 28.3 Å². The van der Waals surface area contributed by atoms with Crippen LogP contribution in [-0.2, 0) is 9.59 Å². The van der Waals surface area contributed by atoms with Crippen LogP contribution in [0.1, 0.15) is 64.2 Å². The van der Waals surface area contributed by atoms with Gasteiger partial charge in [-0.3, -0.25) is 9.59 Å². The van der Waals surface area contributed by atoms with Crippen molar-refractivity contribution < 1.29 is 9.59 Å². The van der Waals surface area contributed by atoms with Crippen molar-refractivity contribution in [2.45, 2.75) is 59.3 Å². The van der Waals surface area contributed by atoms with Crippen LogP contribution >= 0.6 is 27.3 Å². The molecule has 0 saturated heterocycles. The maximum absolute atomic E-state index is 13.4. The molecule has 1 N–H and O–H groups in total. The molecule has 30 heavy (non-hydrogen) atoms. The van der Waals surface area contributed by atoms with Gasteiger partial charge in [-0.25, -0.2) is 0 Å². The number of thiophene rings is 1. The molecule has 0 amide bonds. The Morgan fingerprint density at radius 3 is 1.97 bits per heavy atom. The highest BCUT2D eigenvalue weighted by molar-refractivity contribution is 9.10. The Hall–Kier alpha value is -1.72. The molecule has 156 valence electrons. The summed E-state index contributed by atoms with van der Waals surface area (Å²) in [6.45, 7) is 8.61. The minimum Gasteiger partial charge on any atom is -0.362 e. The van der Waals surface area contributed by atoms with E-state index in [4.69, 9.17) is 0 Å². The SMILES string of the molecule is CC1(C)CC(=O)C2=C(C1)NC1=C(C(=O)CC(C)(C)C1)C2c1sc2ccccc2c1Br. The van der Waals surface area contributed by atoms with E-state index in [0.717, 1.165) is 50.1 Å². The Kier molecular flexibility index (Phi) is 4.47. The fourth-order valence-electron chi connectivity index (χ4n) is 5.37. The van der Waals surface area contributed by atoms with Crippen molar-refractivity contribution in [3.05, 3.63) is 56.2 Å². The number of carbonyl (C=O) groups excluding carboxylic acids is 2. The molecule has 0 atom stereocenters. The van der Waals surface area contributed by atoms with Crippen LogP contribution in [0.3, 0.4) is 0 Å². The monoisotopic (exact) mass is 483 g/mol. The van der Waals surface area contributed by atoms with Gasteiger partial charge in [0.2, 0.25) is 0 Å². The average molecular weight is 484 g/mol. The van der Waals surface area contributed by atoms with Gasteiger partial charge in [0, 0.05) is 54.8 Å². The number of ketones is 2. The van der Waals surface area contributed by atoms with Crippen LogP contribution in [0.4, 0.5) is 0 Å². The summed E-state index contributed by atoms with van der Waals surface area (Å²) in [6, 6.07) is 8.28. The number of Topliss-reactive ketones (excluding diaryl/α,β-unsaturated/α-hetero) is 2. The number of carbonyl (C=O) groups is 2. The summed E-state index contributed by atoms with van der Waals surface area (Å²) in [6.07, 6.45) is 2.71. The standard InChI is InChI=1S/C25H26BrNO2S/c1-24(2)9-14-19(16(28)11-24)21(20-15(27-14)10-25(3,4)12-17(20)29)23-22(26)13-7-5-6-8-18(13)30-23/h5-8,21,27H,9-12H2,1-4H3. The molecule has 3 nitrogen and oxygen atoms in total. The van der Waals surface area contributed by atoms with Gasteiger partial charge < -0.3 is 5.32 Å². The van der Waals surface area contributed by atoms with Crippen LogP contribution in [0.2, 0.25) is 0 Å². The third-order valence-electron chi connectivity index (χ3n) is 6.54. The van der Waals surface area contributed by atoms with E-state index in [0.29, 0.717) is 12.8 Å². The van der Waals surface area contributed by atoms with E-state index < -0.39 is 0 Å². The van der Waals surface area contributed by atoms with Gasteiger partial charge in [0.15, 0.2) is 11.6 Å². The lowest BCUT2D eigenvalue weighted by Gasteiger charge is -2.43. The number of hydrogen-bond donors (Lipinski definition) is 1. The largest absolute Gasteiger partial charge is 0.362 e. The third-order valence-corrected chi connectivity index (χ3v) is 8.89. The number of fused-ring (bicyclic) bond motifs is 1. The second kappa shape index (κ2) is 6.64. The van der Waals surface area contributed by atoms with Crippen LogP contribution in [0, 0.1) is 10.8 Å². The molecule has 0 unspecified atom stereocenters. The van der Waals surface area contributed by atoms with Crippen LogP contribution in [0.5, 0.6) is 0 Å². The first-order valence-electron chi connectivity index (χ1n) is 10.5. The topological polar surface area (TPSA) is 46.2 Å². The average Bonchev–Trinajstić information content (AvgIpc) is 2.94. The second-order valence-corrected chi connectivity index (χ2v) is 12.4. The van der Waals surface area contributed by atoms with E-state index in [1.807, 2.05) is 12.1 Å². The second-order valence-electron chi connectivity index (χ2n) is 10.5. The molecule has 1 aromatic heterocycles. The fraction of sp³-hybridized carbons (Fsp3) is 0.440. The maximum atomic E-state index is 13.4. The predicted octanol–water partition coefficient (Wildman–Crippen LogP) is 6.64. The zero-order chi connectivity index (χ0) is 21.4. The van der Waals surface area contributed by atoms with Gasteiger partial charge in [-0.15, -0.1) is 11.3 Å². The third kappa shape index (κ3) is 3.13. The molecule has 5 rings (SSSR count). The number of nitrogens with one attached hydrogen (secondary N) is 1. The predicted molar refractivity (Wildman–Crippen MR) is 125 cm³/mol. The Balaban J connectivity index is 1.77. The highest BCUT2D eigenvalue weighted by Crippen LogP contribution is 2.54. The zero-order valence-corrected chi connectivity index (χ0v) is 20.2. The molecular formula is C25H26BrNO2S. The summed E-state index contributed by atoms with van der Waals surface area (Å²) in [5.74, 6) is 0.0785. The van der Waals surface area contributed by atoms with Crippen molar-refractivity contribution in [2.75, 3.05) is 0 Å². The Morgan fingerprint density at radius 1 is 0.900 bits per heavy atom. The molecule has 2 aliphatic carbocycles. The van der Waals surface area contributed by atoms with Crippen LogP contribution in [0.25, 0.3) is 10.1 Å². The fourth-order valence-corrected chi connectivity index (χ4v) is 7.54. The van der Waals surface area contributed by atoms with E-state index in [1.54, 1.807) is 11.3 Å². The number of benzene rings is 1. The van der Waals surface area contributed by atoms with Crippen molar-refractivity contribution in [3.63, 3.8) is 0 Å². The summed E-state index contributed by atoms with van der Waals surface area (Å²) in [5.41, 5.74) is 3.53. The van der Waals surface area contributed by atoms with E-state index in [1.165, 1.54) is 4.70 Å².